The second-order valence-electron chi connectivity index (χ2n) is 3.49. The summed E-state index contributed by atoms with van der Waals surface area (Å²) in [6, 6.07) is 7.46. The van der Waals surface area contributed by atoms with Crippen molar-refractivity contribution in [2.75, 3.05) is 5.32 Å². The molecule has 3 nitrogen and oxygen atoms in total. The van der Waals surface area contributed by atoms with Gasteiger partial charge in [0.25, 0.3) is 0 Å². The van der Waals surface area contributed by atoms with Crippen molar-refractivity contribution in [3.05, 3.63) is 52.5 Å². The van der Waals surface area contributed by atoms with Gasteiger partial charge in [-0.1, -0.05) is 0 Å². The third kappa shape index (κ3) is 3.17. The van der Waals surface area contributed by atoms with E-state index in [4.69, 9.17) is 0 Å². The molecule has 0 aliphatic carbocycles. The van der Waals surface area contributed by atoms with Gasteiger partial charge in [-0.25, -0.2) is 9.37 Å². The van der Waals surface area contributed by atoms with Crippen molar-refractivity contribution in [2.45, 2.75) is 6.54 Å². The number of halogens is 2. The van der Waals surface area contributed by atoms with Crippen LogP contribution >= 0.6 is 15.9 Å². The maximum absolute atomic E-state index is 13.0. The van der Waals surface area contributed by atoms with Gasteiger partial charge >= 0.3 is 0 Å². The topological polar surface area (TPSA) is 45.1 Å². The Hall–Kier alpha value is -1.62. The summed E-state index contributed by atoms with van der Waals surface area (Å²) < 4.78 is 13.7. The van der Waals surface area contributed by atoms with Gasteiger partial charge in [-0.3, -0.25) is 0 Å². The number of phenols is 1. The van der Waals surface area contributed by atoms with Gasteiger partial charge in [0.05, 0.1) is 0 Å². The molecule has 0 saturated heterocycles. The van der Waals surface area contributed by atoms with Crippen LogP contribution in [0.1, 0.15) is 5.56 Å². The number of rotatable bonds is 3. The van der Waals surface area contributed by atoms with Gasteiger partial charge in [-0.05, 0) is 46.3 Å². The number of hydrogen-bond donors (Lipinski definition) is 2. The van der Waals surface area contributed by atoms with E-state index in [0.717, 1.165) is 5.69 Å². The van der Waals surface area contributed by atoms with E-state index in [-0.39, 0.29) is 11.6 Å². The van der Waals surface area contributed by atoms with Crippen LogP contribution in [-0.2, 0) is 6.54 Å². The van der Waals surface area contributed by atoms with Gasteiger partial charge in [0, 0.05) is 24.0 Å². The molecule has 0 unspecified atom stereocenters. The number of phenolic OH excluding ortho intramolecular Hbond substituents is 1. The fraction of sp³-hybridized carbons (Fsp3) is 0.0833. The van der Waals surface area contributed by atoms with E-state index in [9.17, 15) is 9.50 Å². The molecule has 1 heterocycles. The van der Waals surface area contributed by atoms with E-state index in [0.29, 0.717) is 16.7 Å². The first-order chi connectivity index (χ1) is 8.15. The fourth-order valence-electron chi connectivity index (χ4n) is 1.41. The van der Waals surface area contributed by atoms with Crippen LogP contribution in [0.2, 0.25) is 0 Å². The molecule has 1 aromatic carbocycles. The van der Waals surface area contributed by atoms with Crippen molar-refractivity contribution >= 4 is 21.6 Å². The second kappa shape index (κ2) is 5.14. The lowest BCUT2D eigenvalue weighted by Gasteiger charge is -2.08. The molecule has 0 fully saturated rings. The van der Waals surface area contributed by atoms with Crippen molar-refractivity contribution in [3.63, 3.8) is 0 Å². The highest BCUT2D eigenvalue weighted by Crippen LogP contribution is 2.20. The zero-order chi connectivity index (χ0) is 12.3. The molecule has 5 heteroatoms. The standard InChI is InChI=1S/C12H10BrFN2O/c13-12-6-10(3-4-15-12)16-7-8-5-9(14)1-2-11(8)17/h1-6,17H,7H2,(H,15,16). The molecule has 0 atom stereocenters. The van der Waals surface area contributed by atoms with Crippen LogP contribution in [-0.4, -0.2) is 10.1 Å². The molecular formula is C12H10BrFN2O. The van der Waals surface area contributed by atoms with E-state index in [1.807, 2.05) is 0 Å². The average molecular weight is 297 g/mol. The highest BCUT2D eigenvalue weighted by atomic mass is 79.9. The van der Waals surface area contributed by atoms with E-state index in [1.165, 1.54) is 18.2 Å². The molecule has 0 amide bonds. The van der Waals surface area contributed by atoms with Gasteiger partial charge in [-0.2, -0.15) is 0 Å². The first kappa shape index (κ1) is 11.9. The monoisotopic (exact) mass is 296 g/mol. The van der Waals surface area contributed by atoms with Gasteiger partial charge in [0.1, 0.15) is 16.2 Å². The van der Waals surface area contributed by atoms with Crippen LogP contribution < -0.4 is 5.32 Å². The molecule has 0 spiro atoms. The summed E-state index contributed by atoms with van der Waals surface area (Å²) in [5.74, 6) is -0.289. The van der Waals surface area contributed by atoms with Crippen molar-refractivity contribution in [3.8, 4) is 5.75 Å². The maximum Gasteiger partial charge on any atom is 0.123 e. The molecule has 0 aliphatic rings. The Morgan fingerprint density at radius 3 is 2.88 bits per heavy atom. The summed E-state index contributed by atoms with van der Waals surface area (Å²) in [7, 11) is 0. The summed E-state index contributed by atoms with van der Waals surface area (Å²) in [6.07, 6.45) is 1.65. The lowest BCUT2D eigenvalue weighted by atomic mass is 10.2. The van der Waals surface area contributed by atoms with Gasteiger partial charge in [0.2, 0.25) is 0 Å². The Bertz CT molecular complexity index is 534. The summed E-state index contributed by atoms with van der Waals surface area (Å²) in [6.45, 7) is 0.347. The summed E-state index contributed by atoms with van der Waals surface area (Å²) in [5, 5.41) is 12.6. The zero-order valence-corrected chi connectivity index (χ0v) is 10.4. The minimum Gasteiger partial charge on any atom is -0.508 e. The molecule has 0 bridgehead atoms. The van der Waals surface area contributed by atoms with Crippen molar-refractivity contribution in [1.29, 1.82) is 0 Å². The fourth-order valence-corrected chi connectivity index (χ4v) is 1.77. The number of anilines is 1. The summed E-state index contributed by atoms with van der Waals surface area (Å²) in [4.78, 5) is 3.99. The molecule has 2 aromatic rings. The van der Waals surface area contributed by atoms with E-state index < -0.39 is 0 Å². The van der Waals surface area contributed by atoms with Crippen LogP contribution in [0.3, 0.4) is 0 Å². The highest BCUT2D eigenvalue weighted by Gasteiger charge is 2.03. The van der Waals surface area contributed by atoms with Crippen LogP contribution in [0.25, 0.3) is 0 Å². The van der Waals surface area contributed by atoms with E-state index in [1.54, 1.807) is 18.3 Å². The number of hydrogen-bond acceptors (Lipinski definition) is 3. The molecular weight excluding hydrogens is 287 g/mol. The Balaban J connectivity index is 2.09. The van der Waals surface area contributed by atoms with E-state index in [2.05, 4.69) is 26.2 Å². The van der Waals surface area contributed by atoms with Crippen LogP contribution in [0, 0.1) is 5.82 Å². The number of benzene rings is 1. The van der Waals surface area contributed by atoms with Gasteiger partial charge in [-0.15, -0.1) is 0 Å². The maximum atomic E-state index is 13.0. The van der Waals surface area contributed by atoms with Crippen molar-refractivity contribution in [2.24, 2.45) is 0 Å². The zero-order valence-electron chi connectivity index (χ0n) is 8.82. The number of aromatic nitrogens is 1. The lowest BCUT2D eigenvalue weighted by molar-refractivity contribution is 0.466. The molecule has 17 heavy (non-hydrogen) atoms. The molecule has 0 radical (unpaired) electrons. The number of nitrogens with zero attached hydrogens (tertiary/aromatic N) is 1. The Kier molecular flexibility index (Phi) is 3.58. The number of pyridine rings is 1. The summed E-state index contributed by atoms with van der Waals surface area (Å²) in [5.41, 5.74) is 1.36. The van der Waals surface area contributed by atoms with Gasteiger partial charge < -0.3 is 10.4 Å². The Morgan fingerprint density at radius 1 is 1.29 bits per heavy atom. The largest absolute Gasteiger partial charge is 0.508 e. The molecule has 88 valence electrons. The predicted molar refractivity (Wildman–Crippen MR) is 67.3 cm³/mol. The normalized spacial score (nSPS) is 10.2. The van der Waals surface area contributed by atoms with Gasteiger partial charge in [0.15, 0.2) is 0 Å². The second-order valence-corrected chi connectivity index (χ2v) is 4.31. The van der Waals surface area contributed by atoms with E-state index >= 15 is 0 Å². The first-order valence-corrected chi connectivity index (χ1v) is 5.77. The van der Waals surface area contributed by atoms with Crippen LogP contribution in [0.15, 0.2) is 41.1 Å². The third-order valence-electron chi connectivity index (χ3n) is 2.25. The van der Waals surface area contributed by atoms with Crippen molar-refractivity contribution in [1.82, 2.24) is 4.98 Å². The first-order valence-electron chi connectivity index (χ1n) is 4.98. The Labute approximate surface area is 106 Å². The molecule has 2 N–H and O–H groups in total. The average Bonchev–Trinajstić information content (AvgIpc) is 2.30. The minimum atomic E-state index is -0.365. The Morgan fingerprint density at radius 2 is 2.12 bits per heavy atom. The minimum absolute atomic E-state index is 0.0759. The molecule has 2 rings (SSSR count). The molecule has 0 aliphatic heterocycles. The number of nitrogens with one attached hydrogen (secondary N) is 1. The predicted octanol–water partition coefficient (Wildman–Crippen LogP) is 3.30. The lowest BCUT2D eigenvalue weighted by Crippen LogP contribution is -2.00. The third-order valence-corrected chi connectivity index (χ3v) is 2.68. The van der Waals surface area contributed by atoms with Crippen molar-refractivity contribution < 1.29 is 9.50 Å². The highest BCUT2D eigenvalue weighted by molar-refractivity contribution is 9.10. The van der Waals surface area contributed by atoms with Crippen LogP contribution in [0.4, 0.5) is 10.1 Å². The SMILES string of the molecule is Oc1ccc(F)cc1CNc1ccnc(Br)c1. The van der Waals surface area contributed by atoms with Crippen LogP contribution in [0.5, 0.6) is 5.75 Å². The summed E-state index contributed by atoms with van der Waals surface area (Å²) >= 11 is 3.25. The number of aromatic hydroxyl groups is 1. The quantitative estimate of drug-likeness (QED) is 0.854. The smallest absolute Gasteiger partial charge is 0.123 e. The molecule has 1 aromatic heterocycles. The molecule has 0 saturated carbocycles.